The molecule has 152 valence electrons. The zero-order valence-electron chi connectivity index (χ0n) is 16.0. The van der Waals surface area contributed by atoms with Crippen molar-refractivity contribution in [2.75, 3.05) is 13.1 Å². The highest BCUT2D eigenvalue weighted by atomic mass is 19.1. The first-order valence-corrected chi connectivity index (χ1v) is 9.99. The van der Waals surface area contributed by atoms with E-state index in [0.29, 0.717) is 43.0 Å². The number of amides is 1. The Hall–Kier alpha value is -2.76. The molecule has 1 aliphatic carbocycles. The lowest BCUT2D eigenvalue weighted by molar-refractivity contribution is -0.134. The Bertz CT molecular complexity index is 937. The molecule has 0 aromatic heterocycles. The van der Waals surface area contributed by atoms with Crippen LogP contribution in [0.3, 0.4) is 0 Å². The molecule has 0 bridgehead atoms. The van der Waals surface area contributed by atoms with Crippen LogP contribution in [-0.4, -0.2) is 35.0 Å². The maximum atomic E-state index is 14.0. The molecule has 1 saturated carbocycles. The number of hydrogen-bond donors (Lipinski definition) is 1. The molecule has 1 heterocycles. The topological polar surface area (TPSA) is 57.6 Å². The number of carbonyl (C=O) groups excluding carboxylic acids is 1. The first-order chi connectivity index (χ1) is 13.9. The molecule has 29 heavy (non-hydrogen) atoms. The van der Waals surface area contributed by atoms with E-state index in [-0.39, 0.29) is 17.7 Å². The number of hydrogen-bond acceptors (Lipinski definition) is 2. The fraction of sp³-hybridized carbons (Fsp3) is 0.391. The van der Waals surface area contributed by atoms with Crippen LogP contribution in [0.25, 0.3) is 0 Å². The normalized spacial score (nSPS) is 21.8. The quantitative estimate of drug-likeness (QED) is 0.818. The minimum absolute atomic E-state index is 0.0445. The third-order valence-corrected chi connectivity index (χ3v) is 6.15. The monoisotopic (exact) mass is 399 g/mol. The van der Waals surface area contributed by atoms with Crippen LogP contribution in [0.2, 0.25) is 0 Å². The second-order valence-electron chi connectivity index (χ2n) is 8.05. The number of halogens is 2. The molecule has 2 fully saturated rings. The predicted octanol–water partition coefficient (Wildman–Crippen LogP) is 4.25. The number of benzene rings is 2. The van der Waals surface area contributed by atoms with E-state index in [9.17, 15) is 23.5 Å². The minimum atomic E-state index is -0.916. The van der Waals surface area contributed by atoms with Gasteiger partial charge in [-0.2, -0.15) is 0 Å². The molecule has 2 atom stereocenters. The highest BCUT2D eigenvalue weighted by Gasteiger charge is 2.47. The van der Waals surface area contributed by atoms with Crippen molar-refractivity contribution in [2.24, 2.45) is 11.8 Å². The SMILES string of the molecule is O=C(O)c1ccccc1CC1CCN(C(=O)C2CC2c2ccc(F)cc2F)CC1. The first-order valence-electron chi connectivity index (χ1n) is 9.99. The van der Waals surface area contributed by atoms with Gasteiger partial charge in [0.2, 0.25) is 5.91 Å². The van der Waals surface area contributed by atoms with E-state index in [2.05, 4.69) is 0 Å². The minimum Gasteiger partial charge on any atom is -0.478 e. The van der Waals surface area contributed by atoms with Crippen molar-refractivity contribution in [3.63, 3.8) is 0 Å². The average Bonchev–Trinajstić information content (AvgIpc) is 3.49. The third-order valence-electron chi connectivity index (χ3n) is 6.15. The second-order valence-corrected chi connectivity index (χ2v) is 8.05. The summed E-state index contributed by atoms with van der Waals surface area (Å²) in [6, 6.07) is 10.6. The van der Waals surface area contributed by atoms with Gasteiger partial charge in [0.05, 0.1) is 5.56 Å². The van der Waals surface area contributed by atoms with E-state index < -0.39 is 17.6 Å². The molecule has 1 N–H and O–H groups in total. The molecule has 0 spiro atoms. The van der Waals surface area contributed by atoms with E-state index in [1.165, 1.54) is 12.1 Å². The fourth-order valence-electron chi connectivity index (χ4n) is 4.42. The molecular formula is C23H23F2NO3. The summed E-state index contributed by atoms with van der Waals surface area (Å²) in [5.74, 6) is -2.11. The van der Waals surface area contributed by atoms with E-state index in [1.807, 2.05) is 17.0 Å². The van der Waals surface area contributed by atoms with Gasteiger partial charge in [-0.25, -0.2) is 13.6 Å². The molecule has 2 aliphatic rings. The molecule has 2 aromatic carbocycles. The second kappa shape index (κ2) is 7.93. The van der Waals surface area contributed by atoms with Crippen LogP contribution in [0.15, 0.2) is 42.5 Å². The van der Waals surface area contributed by atoms with Gasteiger partial charge in [-0.1, -0.05) is 24.3 Å². The zero-order valence-corrected chi connectivity index (χ0v) is 16.0. The number of aromatic carboxylic acids is 1. The molecule has 0 radical (unpaired) electrons. The third kappa shape index (κ3) is 4.16. The van der Waals surface area contributed by atoms with Crippen LogP contribution in [0.1, 0.15) is 46.7 Å². The standard InChI is InChI=1S/C23H23F2NO3/c24-16-5-6-18(21(25)12-16)19-13-20(19)22(27)26-9-7-14(8-10-26)11-15-3-1-2-4-17(15)23(28)29/h1-6,12,14,19-20H,7-11,13H2,(H,28,29). The lowest BCUT2D eigenvalue weighted by Crippen LogP contribution is -2.40. The zero-order chi connectivity index (χ0) is 20.5. The maximum Gasteiger partial charge on any atom is 0.335 e. The first kappa shape index (κ1) is 19.6. The van der Waals surface area contributed by atoms with E-state index in [1.54, 1.807) is 12.1 Å². The van der Waals surface area contributed by atoms with E-state index in [4.69, 9.17) is 0 Å². The van der Waals surface area contributed by atoms with Crippen molar-refractivity contribution in [3.8, 4) is 0 Å². The summed E-state index contributed by atoms with van der Waals surface area (Å²) in [6.07, 6.45) is 2.94. The van der Waals surface area contributed by atoms with Crippen LogP contribution in [0, 0.1) is 23.5 Å². The van der Waals surface area contributed by atoms with Crippen molar-refractivity contribution >= 4 is 11.9 Å². The van der Waals surface area contributed by atoms with Crippen molar-refractivity contribution in [2.45, 2.75) is 31.6 Å². The summed E-state index contributed by atoms with van der Waals surface area (Å²) in [7, 11) is 0. The van der Waals surface area contributed by atoms with Gasteiger partial charge < -0.3 is 10.0 Å². The van der Waals surface area contributed by atoms with Gasteiger partial charge in [-0.3, -0.25) is 4.79 Å². The van der Waals surface area contributed by atoms with Crippen molar-refractivity contribution in [1.82, 2.24) is 4.90 Å². The predicted molar refractivity (Wildman–Crippen MR) is 104 cm³/mol. The highest BCUT2D eigenvalue weighted by Crippen LogP contribution is 2.49. The number of carboxylic acid groups (broad SMARTS) is 1. The molecule has 4 rings (SSSR count). The van der Waals surface area contributed by atoms with Crippen LogP contribution in [-0.2, 0) is 11.2 Å². The van der Waals surface area contributed by atoms with Gasteiger partial charge in [0, 0.05) is 25.1 Å². The van der Waals surface area contributed by atoms with Crippen LogP contribution >= 0.6 is 0 Å². The Kier molecular flexibility index (Phi) is 5.35. The van der Waals surface area contributed by atoms with Gasteiger partial charge in [-0.05, 0) is 60.8 Å². The lowest BCUT2D eigenvalue weighted by Gasteiger charge is -2.32. The highest BCUT2D eigenvalue weighted by molar-refractivity contribution is 5.89. The number of rotatable bonds is 5. The van der Waals surface area contributed by atoms with Gasteiger partial charge >= 0.3 is 5.97 Å². The molecular weight excluding hydrogens is 376 g/mol. The smallest absolute Gasteiger partial charge is 0.335 e. The molecule has 4 nitrogen and oxygen atoms in total. The Morgan fingerprint density at radius 1 is 1.07 bits per heavy atom. The summed E-state index contributed by atoms with van der Waals surface area (Å²) in [5.41, 5.74) is 1.59. The largest absolute Gasteiger partial charge is 0.478 e. The molecule has 1 saturated heterocycles. The maximum absolute atomic E-state index is 14.0. The van der Waals surface area contributed by atoms with Crippen LogP contribution in [0.5, 0.6) is 0 Å². The summed E-state index contributed by atoms with van der Waals surface area (Å²) in [5, 5.41) is 9.33. The number of likely N-dealkylation sites (tertiary alicyclic amines) is 1. The number of carboxylic acids is 1. The number of carbonyl (C=O) groups is 2. The number of nitrogens with zero attached hydrogens (tertiary/aromatic N) is 1. The summed E-state index contributed by atoms with van der Waals surface area (Å²) in [4.78, 5) is 26.0. The average molecular weight is 399 g/mol. The molecule has 1 amide bonds. The van der Waals surface area contributed by atoms with Crippen molar-refractivity contribution < 1.29 is 23.5 Å². The number of piperidine rings is 1. The van der Waals surface area contributed by atoms with Gasteiger partial charge in [-0.15, -0.1) is 0 Å². The Balaban J connectivity index is 1.32. The fourth-order valence-corrected chi connectivity index (χ4v) is 4.42. The lowest BCUT2D eigenvalue weighted by atomic mass is 9.88. The molecule has 2 unspecified atom stereocenters. The Morgan fingerprint density at radius 3 is 2.48 bits per heavy atom. The Morgan fingerprint density at radius 2 is 1.79 bits per heavy atom. The van der Waals surface area contributed by atoms with Crippen LogP contribution < -0.4 is 0 Å². The summed E-state index contributed by atoms with van der Waals surface area (Å²) < 4.78 is 27.1. The Labute approximate surface area is 168 Å². The van der Waals surface area contributed by atoms with Crippen molar-refractivity contribution in [1.29, 1.82) is 0 Å². The summed E-state index contributed by atoms with van der Waals surface area (Å²) in [6.45, 7) is 1.27. The molecule has 2 aromatic rings. The van der Waals surface area contributed by atoms with Crippen LogP contribution in [0.4, 0.5) is 8.78 Å². The van der Waals surface area contributed by atoms with Gasteiger partial charge in [0.1, 0.15) is 11.6 Å². The summed E-state index contributed by atoms with van der Waals surface area (Å²) >= 11 is 0. The van der Waals surface area contributed by atoms with Crippen molar-refractivity contribution in [3.05, 3.63) is 70.8 Å². The van der Waals surface area contributed by atoms with E-state index >= 15 is 0 Å². The van der Waals surface area contributed by atoms with Gasteiger partial charge in [0.15, 0.2) is 0 Å². The van der Waals surface area contributed by atoms with Gasteiger partial charge in [0.25, 0.3) is 0 Å². The molecule has 6 heteroatoms. The molecule has 1 aliphatic heterocycles. The van der Waals surface area contributed by atoms with E-state index in [0.717, 1.165) is 24.5 Å².